The van der Waals surface area contributed by atoms with Crippen LogP contribution in [0.2, 0.25) is 10.0 Å². The zero-order chi connectivity index (χ0) is 29.4. The number of amidine groups is 2. The molecule has 1 aliphatic heterocycles. The number of rotatable bonds is 11. The van der Waals surface area contributed by atoms with E-state index >= 15 is 0 Å². The van der Waals surface area contributed by atoms with Gasteiger partial charge in [0, 0.05) is 31.5 Å². The van der Waals surface area contributed by atoms with Gasteiger partial charge in [0.2, 0.25) is 10.0 Å². The fraction of sp³-hybridized carbons (Fsp3) is 0.370. The third-order valence-corrected chi connectivity index (χ3v) is 8.39. The standard InChI is InChI=1S/C27H33Cl2N5O5S/c1-3-38-25(35)17-40(36,37)34(11-5-7-19-6-4-8-20(14-19)27(31)32)21-15-23(28)26(24(29)16-21)39-22-9-12-33(13-10-22)18(2)30/h4-8,14-16,22,30H,3,9-13,17H2,1-2H3,(H3,31,32). The van der Waals surface area contributed by atoms with Crippen LogP contribution in [0.3, 0.4) is 0 Å². The molecule has 0 unspecified atom stereocenters. The second-order valence-electron chi connectivity index (χ2n) is 9.16. The average molecular weight is 611 g/mol. The van der Waals surface area contributed by atoms with Crippen LogP contribution in [0.5, 0.6) is 5.75 Å². The number of anilines is 1. The Morgan fingerprint density at radius 1 is 1.18 bits per heavy atom. The van der Waals surface area contributed by atoms with Crippen molar-refractivity contribution in [2.75, 3.05) is 36.3 Å². The summed E-state index contributed by atoms with van der Waals surface area (Å²) in [5, 5.41) is 15.7. The predicted octanol–water partition coefficient (Wildman–Crippen LogP) is 4.53. The molecule has 4 N–H and O–H groups in total. The normalized spacial score (nSPS) is 14.2. The van der Waals surface area contributed by atoms with E-state index in [0.29, 0.717) is 42.9 Å². The van der Waals surface area contributed by atoms with E-state index in [4.69, 9.17) is 49.2 Å². The molecular weight excluding hydrogens is 577 g/mol. The first-order valence-corrected chi connectivity index (χ1v) is 15.0. The summed E-state index contributed by atoms with van der Waals surface area (Å²) < 4.78 is 38.6. The maximum absolute atomic E-state index is 13.3. The van der Waals surface area contributed by atoms with Crippen LogP contribution in [0, 0.1) is 10.8 Å². The van der Waals surface area contributed by atoms with Crippen molar-refractivity contribution in [1.29, 1.82) is 10.8 Å². The van der Waals surface area contributed by atoms with Gasteiger partial charge in [0.05, 0.1) is 34.7 Å². The third kappa shape index (κ3) is 8.36. The van der Waals surface area contributed by atoms with Crippen LogP contribution in [-0.4, -0.2) is 69.1 Å². The third-order valence-electron chi connectivity index (χ3n) is 6.19. The number of nitrogens with one attached hydrogen (secondary N) is 2. The number of carbonyl (C=O) groups excluding carboxylic acids is 1. The molecule has 3 rings (SSSR count). The summed E-state index contributed by atoms with van der Waals surface area (Å²) in [5.74, 6) is -1.09. The molecule has 216 valence electrons. The summed E-state index contributed by atoms with van der Waals surface area (Å²) in [6.07, 6.45) is 4.49. The highest BCUT2D eigenvalue weighted by Crippen LogP contribution is 2.39. The van der Waals surface area contributed by atoms with Crippen molar-refractivity contribution in [1.82, 2.24) is 4.90 Å². The molecule has 1 saturated heterocycles. The quantitative estimate of drug-likeness (QED) is 0.192. The van der Waals surface area contributed by atoms with Gasteiger partial charge < -0.3 is 20.1 Å². The number of sulfonamides is 1. The first kappa shape index (κ1) is 31.3. The Kier molecular flexibility index (Phi) is 10.8. The molecule has 2 aromatic carbocycles. The van der Waals surface area contributed by atoms with E-state index in [-0.39, 0.29) is 46.6 Å². The lowest BCUT2D eigenvalue weighted by Crippen LogP contribution is -2.40. The number of benzene rings is 2. The van der Waals surface area contributed by atoms with Crippen LogP contribution in [0.15, 0.2) is 42.5 Å². The Bertz CT molecular complexity index is 1370. The van der Waals surface area contributed by atoms with Crippen molar-refractivity contribution in [2.24, 2.45) is 5.73 Å². The number of halogens is 2. The first-order chi connectivity index (χ1) is 18.9. The van der Waals surface area contributed by atoms with Gasteiger partial charge in [-0.1, -0.05) is 53.6 Å². The largest absolute Gasteiger partial charge is 0.487 e. The lowest BCUT2D eigenvalue weighted by molar-refractivity contribution is -0.139. The molecule has 13 heteroatoms. The topological polar surface area (TPSA) is 150 Å². The summed E-state index contributed by atoms with van der Waals surface area (Å²) in [5.41, 5.74) is 6.96. The Labute approximate surface area is 244 Å². The highest BCUT2D eigenvalue weighted by atomic mass is 35.5. The molecule has 0 aliphatic carbocycles. The summed E-state index contributed by atoms with van der Waals surface area (Å²) in [4.78, 5) is 14.1. The molecule has 0 spiro atoms. The van der Waals surface area contributed by atoms with Crippen LogP contribution in [0.4, 0.5) is 5.69 Å². The van der Waals surface area contributed by atoms with Crippen LogP contribution in [0.25, 0.3) is 6.08 Å². The molecule has 1 fully saturated rings. The van der Waals surface area contributed by atoms with Gasteiger partial charge in [-0.15, -0.1) is 0 Å². The first-order valence-electron chi connectivity index (χ1n) is 12.6. The fourth-order valence-electron chi connectivity index (χ4n) is 4.18. The van der Waals surface area contributed by atoms with Gasteiger partial charge in [-0.2, -0.15) is 0 Å². The summed E-state index contributed by atoms with van der Waals surface area (Å²) in [6.45, 7) is 4.59. The van der Waals surface area contributed by atoms with Gasteiger partial charge in [-0.25, -0.2) is 8.42 Å². The lowest BCUT2D eigenvalue weighted by Gasteiger charge is -2.33. The zero-order valence-electron chi connectivity index (χ0n) is 22.3. The van der Waals surface area contributed by atoms with E-state index in [0.717, 1.165) is 4.31 Å². The molecule has 0 saturated carbocycles. The number of piperidine rings is 1. The highest BCUT2D eigenvalue weighted by Gasteiger charge is 2.28. The number of likely N-dealkylation sites (tertiary alicyclic amines) is 1. The van der Waals surface area contributed by atoms with Gasteiger partial charge >= 0.3 is 5.97 Å². The second-order valence-corrected chi connectivity index (χ2v) is 11.9. The van der Waals surface area contributed by atoms with Crippen molar-refractivity contribution < 1.29 is 22.7 Å². The molecule has 40 heavy (non-hydrogen) atoms. The number of nitrogen functional groups attached to an aromatic ring is 1. The van der Waals surface area contributed by atoms with Gasteiger partial charge in [0.15, 0.2) is 11.5 Å². The number of hydrogen-bond donors (Lipinski definition) is 3. The molecular formula is C27H33Cl2N5O5S. The molecule has 10 nitrogen and oxygen atoms in total. The van der Waals surface area contributed by atoms with Crippen molar-refractivity contribution >= 4 is 62.6 Å². The van der Waals surface area contributed by atoms with Gasteiger partial charge in [0.1, 0.15) is 11.9 Å². The molecule has 0 radical (unpaired) electrons. The summed E-state index contributed by atoms with van der Waals surface area (Å²) in [6, 6.07) is 9.79. The number of esters is 1. The van der Waals surface area contributed by atoms with Crippen molar-refractivity contribution in [2.45, 2.75) is 32.8 Å². The number of ether oxygens (including phenoxy) is 2. The van der Waals surface area contributed by atoms with E-state index in [2.05, 4.69) is 0 Å². The second kappa shape index (κ2) is 13.9. The van der Waals surface area contributed by atoms with Crippen LogP contribution >= 0.6 is 23.2 Å². The number of carbonyl (C=O) groups is 1. The van der Waals surface area contributed by atoms with E-state index in [9.17, 15) is 13.2 Å². The van der Waals surface area contributed by atoms with Gasteiger partial charge in [-0.3, -0.25) is 19.9 Å². The van der Waals surface area contributed by atoms with Gasteiger partial charge in [0.25, 0.3) is 0 Å². The number of hydrogen-bond acceptors (Lipinski definition) is 7. The van der Waals surface area contributed by atoms with Crippen LogP contribution in [-0.2, 0) is 19.6 Å². The van der Waals surface area contributed by atoms with Crippen molar-refractivity contribution in [3.63, 3.8) is 0 Å². The van der Waals surface area contributed by atoms with E-state index < -0.39 is 21.7 Å². The molecule has 0 aromatic heterocycles. The Morgan fingerprint density at radius 2 is 1.82 bits per heavy atom. The van der Waals surface area contributed by atoms with Gasteiger partial charge in [-0.05, 0) is 37.6 Å². The maximum Gasteiger partial charge on any atom is 0.323 e. The Balaban J connectivity index is 1.87. The Hall–Kier alpha value is -3.28. The predicted molar refractivity (Wildman–Crippen MR) is 159 cm³/mol. The van der Waals surface area contributed by atoms with E-state index in [1.807, 2.05) is 4.90 Å². The molecule has 1 heterocycles. The molecule has 1 aliphatic rings. The summed E-state index contributed by atoms with van der Waals surface area (Å²) in [7, 11) is -4.19. The van der Waals surface area contributed by atoms with E-state index in [1.54, 1.807) is 50.3 Å². The zero-order valence-corrected chi connectivity index (χ0v) is 24.7. The molecule has 0 amide bonds. The average Bonchev–Trinajstić information content (AvgIpc) is 2.88. The van der Waals surface area contributed by atoms with E-state index in [1.165, 1.54) is 12.1 Å². The minimum Gasteiger partial charge on any atom is -0.487 e. The fourth-order valence-corrected chi connectivity index (χ4v) is 6.02. The maximum atomic E-state index is 13.3. The molecule has 2 aromatic rings. The smallest absolute Gasteiger partial charge is 0.323 e. The van der Waals surface area contributed by atoms with Crippen molar-refractivity contribution in [3.05, 3.63) is 63.6 Å². The summed E-state index contributed by atoms with van der Waals surface area (Å²) >= 11 is 13.1. The van der Waals surface area contributed by atoms with Crippen LogP contribution < -0.4 is 14.8 Å². The van der Waals surface area contributed by atoms with Crippen molar-refractivity contribution in [3.8, 4) is 5.75 Å². The minimum absolute atomic E-state index is 0.0444. The number of nitrogens with zero attached hydrogens (tertiary/aromatic N) is 2. The Morgan fingerprint density at radius 3 is 2.40 bits per heavy atom. The monoisotopic (exact) mass is 609 g/mol. The lowest BCUT2D eigenvalue weighted by atomic mass is 10.1. The molecule has 0 atom stereocenters. The highest BCUT2D eigenvalue weighted by molar-refractivity contribution is 7.93. The van der Waals surface area contributed by atoms with Crippen LogP contribution in [0.1, 0.15) is 37.8 Å². The molecule has 0 bridgehead atoms. The minimum atomic E-state index is -4.19. The number of nitrogens with two attached hydrogens (primary N) is 1. The SMILES string of the molecule is CCOC(=O)CS(=O)(=O)N(CC=Cc1cccc(C(=N)N)c1)c1cc(Cl)c(OC2CCN(C(C)=N)CC2)c(Cl)c1.